The van der Waals surface area contributed by atoms with Crippen LogP contribution < -0.4 is 0 Å². The number of aliphatic hydroxyl groups is 1. The zero-order valence-electron chi connectivity index (χ0n) is 11.1. The number of aliphatic hydroxyl groups excluding tert-OH is 1. The second-order valence-corrected chi connectivity index (χ2v) is 7.08. The third-order valence-electron chi connectivity index (χ3n) is 4.02. The van der Waals surface area contributed by atoms with E-state index in [4.69, 9.17) is 46.4 Å². The maximum atomic E-state index is 11.4. The molecule has 0 spiro atoms. The summed E-state index contributed by atoms with van der Waals surface area (Å²) in [7, 11) is 0. The molecule has 1 aromatic carbocycles. The Balaban J connectivity index is 2.42. The highest BCUT2D eigenvalue weighted by molar-refractivity contribution is 6.49. The SMILES string of the molecule is CC1CC(C(=O)O)C(C(O)c2c(Cl)cc(Cl)c(Cl)c2Cl)C1. The molecule has 0 radical (unpaired) electrons. The second kappa shape index (κ2) is 6.51. The molecule has 3 nitrogen and oxygen atoms in total. The van der Waals surface area contributed by atoms with Gasteiger partial charge in [-0.1, -0.05) is 53.3 Å². The Bertz CT molecular complexity index is 576. The lowest BCUT2D eigenvalue weighted by molar-refractivity contribution is -0.144. The van der Waals surface area contributed by atoms with E-state index in [-0.39, 0.29) is 31.6 Å². The number of carbonyl (C=O) groups is 1. The smallest absolute Gasteiger partial charge is 0.306 e. The van der Waals surface area contributed by atoms with E-state index >= 15 is 0 Å². The van der Waals surface area contributed by atoms with Crippen molar-refractivity contribution in [1.82, 2.24) is 0 Å². The normalized spacial score (nSPS) is 26.9. The summed E-state index contributed by atoms with van der Waals surface area (Å²) in [5.41, 5.74) is 0.248. The van der Waals surface area contributed by atoms with E-state index in [0.29, 0.717) is 12.8 Å². The Hall–Kier alpha value is -0.190. The number of rotatable bonds is 3. The first-order valence-corrected chi connectivity index (χ1v) is 7.99. The summed E-state index contributed by atoms with van der Waals surface area (Å²) in [6.07, 6.45) is 0.0179. The predicted molar refractivity (Wildman–Crippen MR) is 84.5 cm³/mol. The first-order valence-electron chi connectivity index (χ1n) is 6.47. The van der Waals surface area contributed by atoms with E-state index in [1.807, 2.05) is 6.92 Å². The molecule has 0 heterocycles. The van der Waals surface area contributed by atoms with Gasteiger partial charge in [0.1, 0.15) is 0 Å². The fourth-order valence-electron chi connectivity index (χ4n) is 3.03. The fraction of sp³-hybridized carbons (Fsp3) is 0.500. The molecule has 7 heteroatoms. The largest absolute Gasteiger partial charge is 0.481 e. The van der Waals surface area contributed by atoms with Crippen molar-refractivity contribution < 1.29 is 15.0 Å². The van der Waals surface area contributed by atoms with Crippen molar-refractivity contribution >= 4 is 52.4 Å². The molecule has 116 valence electrons. The standard InChI is InChI=1S/C14H14Cl4O3/c1-5-2-6(7(3-5)14(20)21)13(19)10-8(15)4-9(16)11(17)12(10)18/h4-7,13,19H,2-3H2,1H3,(H,20,21). The first kappa shape index (κ1) is 17.2. The average Bonchev–Trinajstić information content (AvgIpc) is 2.78. The number of aliphatic carboxylic acids is 1. The average molecular weight is 372 g/mol. The molecule has 0 amide bonds. The highest BCUT2D eigenvalue weighted by Gasteiger charge is 2.42. The van der Waals surface area contributed by atoms with Crippen LogP contribution in [-0.4, -0.2) is 16.2 Å². The van der Waals surface area contributed by atoms with Crippen LogP contribution in [0.4, 0.5) is 0 Å². The third kappa shape index (κ3) is 3.27. The highest BCUT2D eigenvalue weighted by atomic mass is 35.5. The maximum absolute atomic E-state index is 11.4. The summed E-state index contributed by atoms with van der Waals surface area (Å²) in [5.74, 6) is -1.79. The van der Waals surface area contributed by atoms with Gasteiger partial charge in [-0.25, -0.2) is 0 Å². The summed E-state index contributed by atoms with van der Waals surface area (Å²) >= 11 is 24.1. The minimum absolute atomic E-state index is 0.0744. The Morgan fingerprint density at radius 2 is 1.81 bits per heavy atom. The van der Waals surface area contributed by atoms with E-state index in [1.165, 1.54) is 6.07 Å². The number of carboxylic acid groups (broad SMARTS) is 1. The van der Waals surface area contributed by atoms with Crippen LogP contribution in [0.25, 0.3) is 0 Å². The van der Waals surface area contributed by atoms with Crippen molar-refractivity contribution in [2.45, 2.75) is 25.9 Å². The van der Waals surface area contributed by atoms with Gasteiger partial charge in [0.15, 0.2) is 0 Å². The van der Waals surface area contributed by atoms with Gasteiger partial charge in [0.2, 0.25) is 0 Å². The Morgan fingerprint density at radius 3 is 2.38 bits per heavy atom. The molecule has 1 aliphatic carbocycles. The van der Waals surface area contributed by atoms with Crippen LogP contribution in [-0.2, 0) is 4.79 Å². The number of hydrogen-bond donors (Lipinski definition) is 2. The molecule has 1 aromatic rings. The summed E-state index contributed by atoms with van der Waals surface area (Å²) in [4.78, 5) is 11.4. The van der Waals surface area contributed by atoms with Gasteiger partial charge in [-0.3, -0.25) is 4.79 Å². The highest BCUT2D eigenvalue weighted by Crippen LogP contribution is 2.48. The van der Waals surface area contributed by atoms with Crippen LogP contribution in [0.15, 0.2) is 6.07 Å². The number of halogens is 4. The molecule has 1 saturated carbocycles. The summed E-state index contributed by atoms with van der Waals surface area (Å²) < 4.78 is 0. The van der Waals surface area contributed by atoms with Crippen LogP contribution in [0.2, 0.25) is 20.1 Å². The summed E-state index contributed by atoms with van der Waals surface area (Å²) in [6, 6.07) is 1.41. The zero-order chi connectivity index (χ0) is 15.9. The van der Waals surface area contributed by atoms with E-state index in [0.717, 1.165) is 0 Å². The zero-order valence-corrected chi connectivity index (χ0v) is 14.1. The minimum atomic E-state index is -1.09. The van der Waals surface area contributed by atoms with Gasteiger partial charge >= 0.3 is 5.97 Å². The van der Waals surface area contributed by atoms with Crippen LogP contribution in [0.5, 0.6) is 0 Å². The van der Waals surface area contributed by atoms with E-state index in [9.17, 15) is 15.0 Å². The van der Waals surface area contributed by atoms with Gasteiger partial charge in [0.25, 0.3) is 0 Å². The Kier molecular flexibility index (Phi) is 5.32. The van der Waals surface area contributed by atoms with Gasteiger partial charge in [0.05, 0.1) is 27.1 Å². The maximum Gasteiger partial charge on any atom is 0.306 e. The second-order valence-electron chi connectivity index (χ2n) is 5.51. The summed E-state index contributed by atoms with van der Waals surface area (Å²) in [6.45, 7) is 1.96. The van der Waals surface area contributed by atoms with Gasteiger partial charge in [0, 0.05) is 16.5 Å². The monoisotopic (exact) mass is 370 g/mol. The van der Waals surface area contributed by atoms with Gasteiger partial charge in [-0.05, 0) is 24.8 Å². The topological polar surface area (TPSA) is 57.5 Å². The van der Waals surface area contributed by atoms with Crippen LogP contribution in [0, 0.1) is 17.8 Å². The van der Waals surface area contributed by atoms with Gasteiger partial charge in [-0.15, -0.1) is 0 Å². The Morgan fingerprint density at radius 1 is 1.19 bits per heavy atom. The van der Waals surface area contributed by atoms with Gasteiger partial charge in [-0.2, -0.15) is 0 Å². The number of hydrogen-bond acceptors (Lipinski definition) is 2. The fourth-order valence-corrected chi connectivity index (χ4v) is 4.18. The van der Waals surface area contributed by atoms with Gasteiger partial charge < -0.3 is 10.2 Å². The number of benzene rings is 1. The molecule has 0 aromatic heterocycles. The quantitative estimate of drug-likeness (QED) is 0.575. The predicted octanol–water partition coefficient (Wildman–Crippen LogP) is 5.08. The third-order valence-corrected chi connectivity index (χ3v) is 5.61. The van der Waals surface area contributed by atoms with E-state index < -0.39 is 23.9 Å². The molecule has 4 atom stereocenters. The first-order chi connectivity index (χ1) is 9.73. The number of carboxylic acids is 1. The lowest BCUT2D eigenvalue weighted by Gasteiger charge is -2.24. The van der Waals surface area contributed by atoms with Crippen LogP contribution >= 0.6 is 46.4 Å². The van der Waals surface area contributed by atoms with Crippen LogP contribution in [0.3, 0.4) is 0 Å². The molecule has 0 aliphatic heterocycles. The molecule has 1 aliphatic rings. The molecule has 1 fully saturated rings. The van der Waals surface area contributed by atoms with Crippen molar-refractivity contribution in [3.8, 4) is 0 Å². The molecule has 2 N–H and O–H groups in total. The molecule has 0 bridgehead atoms. The molecule has 4 unspecified atom stereocenters. The molecular formula is C14H14Cl4O3. The van der Waals surface area contributed by atoms with Crippen molar-refractivity contribution in [2.75, 3.05) is 0 Å². The van der Waals surface area contributed by atoms with Crippen molar-refractivity contribution in [3.05, 3.63) is 31.7 Å². The van der Waals surface area contributed by atoms with E-state index in [1.54, 1.807) is 0 Å². The molecule has 0 saturated heterocycles. The minimum Gasteiger partial charge on any atom is -0.481 e. The summed E-state index contributed by atoms with van der Waals surface area (Å²) in [5, 5.41) is 20.5. The Labute approximate surface area is 142 Å². The molecule has 2 rings (SSSR count). The van der Waals surface area contributed by atoms with Crippen molar-refractivity contribution in [2.24, 2.45) is 17.8 Å². The van der Waals surface area contributed by atoms with Crippen LogP contribution in [0.1, 0.15) is 31.4 Å². The van der Waals surface area contributed by atoms with E-state index in [2.05, 4.69) is 0 Å². The lowest BCUT2D eigenvalue weighted by Crippen LogP contribution is -2.24. The molecular weight excluding hydrogens is 358 g/mol. The van der Waals surface area contributed by atoms with Crippen molar-refractivity contribution in [3.63, 3.8) is 0 Å². The lowest BCUT2D eigenvalue weighted by atomic mass is 9.87. The molecule has 21 heavy (non-hydrogen) atoms. The van der Waals surface area contributed by atoms with Crippen molar-refractivity contribution in [1.29, 1.82) is 0 Å².